The van der Waals surface area contributed by atoms with Crippen LogP contribution >= 0.6 is 0 Å². The molecule has 0 aliphatic carbocycles. The Hall–Kier alpha value is -1.26. The summed E-state index contributed by atoms with van der Waals surface area (Å²) in [4.78, 5) is 15.3. The van der Waals surface area contributed by atoms with E-state index in [2.05, 4.69) is 15.3 Å². The van der Waals surface area contributed by atoms with Crippen molar-refractivity contribution in [1.82, 2.24) is 10.2 Å². The molecule has 0 saturated carbocycles. The molecule has 0 aromatic carbocycles. The summed E-state index contributed by atoms with van der Waals surface area (Å²) in [5.41, 5.74) is 7.91. The van der Waals surface area contributed by atoms with Crippen LogP contribution in [0, 0.1) is 0 Å². The summed E-state index contributed by atoms with van der Waals surface area (Å²) in [6, 6.07) is 0. The summed E-state index contributed by atoms with van der Waals surface area (Å²) in [6.45, 7) is 1.06. The van der Waals surface area contributed by atoms with Crippen molar-refractivity contribution < 1.29 is 4.79 Å². The highest BCUT2D eigenvalue weighted by molar-refractivity contribution is 5.77. The summed E-state index contributed by atoms with van der Waals surface area (Å²) in [5, 5.41) is 5.88. The molecule has 6 nitrogen and oxygen atoms in total. The Balaban J connectivity index is 3.37. The number of amides is 1. The highest BCUT2D eigenvalue weighted by atomic mass is 16.1. The highest BCUT2D eigenvalue weighted by Gasteiger charge is 1.99. The van der Waals surface area contributed by atoms with Crippen LogP contribution in [0.5, 0.6) is 0 Å². The van der Waals surface area contributed by atoms with E-state index in [9.17, 15) is 4.79 Å². The van der Waals surface area contributed by atoms with Gasteiger partial charge in [0.05, 0.1) is 6.54 Å². The number of azide groups is 1. The fourth-order valence-corrected chi connectivity index (χ4v) is 0.633. The average Bonchev–Trinajstić information content (AvgIpc) is 1.97. The van der Waals surface area contributed by atoms with Gasteiger partial charge in [-0.2, -0.15) is 0 Å². The van der Waals surface area contributed by atoms with Crippen LogP contribution in [0.3, 0.4) is 0 Å². The molecule has 0 spiro atoms. The zero-order chi connectivity index (χ0) is 9.40. The van der Waals surface area contributed by atoms with Crippen molar-refractivity contribution >= 4 is 5.91 Å². The molecule has 0 unspecified atom stereocenters. The van der Waals surface area contributed by atoms with Crippen molar-refractivity contribution in [3.05, 3.63) is 10.4 Å². The maximum absolute atomic E-state index is 10.9. The van der Waals surface area contributed by atoms with Crippen LogP contribution in [0.15, 0.2) is 5.11 Å². The van der Waals surface area contributed by atoms with Crippen LogP contribution < -0.4 is 5.32 Å². The van der Waals surface area contributed by atoms with E-state index in [0.717, 1.165) is 0 Å². The SMILES string of the molecule is CN(C)CC(=O)NCCN=[N+]=[N-]. The lowest BCUT2D eigenvalue weighted by Crippen LogP contribution is -2.34. The minimum Gasteiger partial charge on any atom is -0.355 e. The van der Waals surface area contributed by atoms with E-state index in [1.807, 2.05) is 14.1 Å². The van der Waals surface area contributed by atoms with Crippen LogP contribution in [0.4, 0.5) is 0 Å². The van der Waals surface area contributed by atoms with E-state index in [-0.39, 0.29) is 5.91 Å². The second-order valence-electron chi connectivity index (χ2n) is 2.54. The molecule has 0 aromatic rings. The van der Waals surface area contributed by atoms with Gasteiger partial charge < -0.3 is 10.2 Å². The third-order valence-corrected chi connectivity index (χ3v) is 1.06. The molecular formula is C6H13N5O. The van der Waals surface area contributed by atoms with E-state index in [4.69, 9.17) is 5.53 Å². The fourth-order valence-electron chi connectivity index (χ4n) is 0.633. The van der Waals surface area contributed by atoms with Gasteiger partial charge in [-0.1, -0.05) is 5.11 Å². The van der Waals surface area contributed by atoms with Crippen LogP contribution in [-0.2, 0) is 4.79 Å². The van der Waals surface area contributed by atoms with Gasteiger partial charge in [0, 0.05) is 18.0 Å². The Morgan fingerprint density at radius 1 is 1.67 bits per heavy atom. The van der Waals surface area contributed by atoms with Crippen molar-refractivity contribution in [2.75, 3.05) is 33.7 Å². The summed E-state index contributed by atoms with van der Waals surface area (Å²) >= 11 is 0. The van der Waals surface area contributed by atoms with Crippen molar-refractivity contribution in [3.63, 3.8) is 0 Å². The van der Waals surface area contributed by atoms with E-state index >= 15 is 0 Å². The number of likely N-dealkylation sites (N-methyl/N-ethyl adjacent to an activating group) is 1. The lowest BCUT2D eigenvalue weighted by atomic mass is 10.5. The Morgan fingerprint density at radius 3 is 2.83 bits per heavy atom. The summed E-state index contributed by atoms with van der Waals surface area (Å²) in [5.74, 6) is -0.0619. The Morgan fingerprint density at radius 2 is 2.33 bits per heavy atom. The number of nitrogens with zero attached hydrogens (tertiary/aromatic N) is 4. The Labute approximate surface area is 71.2 Å². The molecule has 68 valence electrons. The molecule has 6 heteroatoms. The summed E-state index contributed by atoms with van der Waals surface area (Å²) in [6.07, 6.45) is 0. The van der Waals surface area contributed by atoms with E-state index in [1.54, 1.807) is 4.90 Å². The predicted molar refractivity (Wildman–Crippen MR) is 45.6 cm³/mol. The molecule has 0 rings (SSSR count). The third-order valence-electron chi connectivity index (χ3n) is 1.06. The number of carbonyl (C=O) groups excluding carboxylic acids is 1. The number of nitrogens with one attached hydrogen (secondary N) is 1. The van der Waals surface area contributed by atoms with Gasteiger partial charge in [-0.3, -0.25) is 4.79 Å². The van der Waals surface area contributed by atoms with Gasteiger partial charge in [-0.05, 0) is 19.6 Å². The first kappa shape index (κ1) is 10.7. The van der Waals surface area contributed by atoms with Gasteiger partial charge in [0.25, 0.3) is 0 Å². The second kappa shape index (κ2) is 6.45. The molecule has 0 aliphatic rings. The van der Waals surface area contributed by atoms with Gasteiger partial charge in [0.1, 0.15) is 0 Å². The van der Waals surface area contributed by atoms with E-state index in [0.29, 0.717) is 19.6 Å². The zero-order valence-electron chi connectivity index (χ0n) is 7.32. The van der Waals surface area contributed by atoms with Crippen LogP contribution in [0.1, 0.15) is 0 Å². The molecule has 0 aromatic heterocycles. The largest absolute Gasteiger partial charge is 0.355 e. The van der Waals surface area contributed by atoms with Crippen molar-refractivity contribution in [2.24, 2.45) is 5.11 Å². The molecule has 1 amide bonds. The summed E-state index contributed by atoms with van der Waals surface area (Å²) < 4.78 is 0. The molecule has 0 aliphatic heterocycles. The van der Waals surface area contributed by atoms with E-state index in [1.165, 1.54) is 0 Å². The van der Waals surface area contributed by atoms with Crippen LogP contribution in [-0.4, -0.2) is 44.5 Å². The van der Waals surface area contributed by atoms with Crippen molar-refractivity contribution in [2.45, 2.75) is 0 Å². The smallest absolute Gasteiger partial charge is 0.234 e. The number of carbonyl (C=O) groups is 1. The van der Waals surface area contributed by atoms with Crippen molar-refractivity contribution in [1.29, 1.82) is 0 Å². The lowest BCUT2D eigenvalue weighted by molar-refractivity contribution is -0.121. The minimum absolute atomic E-state index is 0.0619. The molecule has 0 atom stereocenters. The molecule has 0 saturated heterocycles. The molecule has 12 heavy (non-hydrogen) atoms. The van der Waals surface area contributed by atoms with E-state index < -0.39 is 0 Å². The van der Waals surface area contributed by atoms with Crippen LogP contribution in [0.2, 0.25) is 0 Å². The molecule has 0 radical (unpaired) electrons. The molecule has 0 heterocycles. The topological polar surface area (TPSA) is 81.1 Å². The first-order valence-corrected chi connectivity index (χ1v) is 3.59. The monoisotopic (exact) mass is 171 g/mol. The van der Waals surface area contributed by atoms with Gasteiger partial charge in [0.2, 0.25) is 5.91 Å². The van der Waals surface area contributed by atoms with Gasteiger partial charge in [-0.25, -0.2) is 0 Å². The molecule has 0 fully saturated rings. The summed E-state index contributed by atoms with van der Waals surface area (Å²) in [7, 11) is 3.63. The number of rotatable bonds is 5. The fraction of sp³-hybridized carbons (Fsp3) is 0.833. The quantitative estimate of drug-likeness (QED) is 0.273. The predicted octanol–water partition coefficient (Wildman–Crippen LogP) is -0.0255. The third kappa shape index (κ3) is 6.85. The maximum Gasteiger partial charge on any atom is 0.234 e. The number of hydrogen-bond donors (Lipinski definition) is 1. The highest BCUT2D eigenvalue weighted by Crippen LogP contribution is 1.74. The lowest BCUT2D eigenvalue weighted by Gasteiger charge is -2.08. The molecule has 0 bridgehead atoms. The zero-order valence-corrected chi connectivity index (χ0v) is 7.32. The van der Waals surface area contributed by atoms with Gasteiger partial charge in [0.15, 0.2) is 0 Å². The molecular weight excluding hydrogens is 158 g/mol. The molecule has 1 N–H and O–H groups in total. The van der Waals surface area contributed by atoms with Gasteiger partial charge >= 0.3 is 0 Å². The standard InChI is InChI=1S/C6H13N5O/c1-11(2)5-6(12)8-3-4-9-10-7/h3-5H2,1-2H3,(H,8,12). The average molecular weight is 171 g/mol. The first-order chi connectivity index (χ1) is 5.66. The normalized spacial score (nSPS) is 9.25. The van der Waals surface area contributed by atoms with Gasteiger partial charge in [-0.15, -0.1) is 0 Å². The minimum atomic E-state index is -0.0619. The maximum atomic E-state index is 10.9. The first-order valence-electron chi connectivity index (χ1n) is 3.59. The Kier molecular flexibility index (Phi) is 5.77. The number of hydrogen-bond acceptors (Lipinski definition) is 3. The van der Waals surface area contributed by atoms with Crippen LogP contribution in [0.25, 0.3) is 10.4 Å². The Bertz CT molecular complexity index is 184. The van der Waals surface area contributed by atoms with Crippen molar-refractivity contribution in [3.8, 4) is 0 Å². The second-order valence-corrected chi connectivity index (χ2v) is 2.54.